The molecule has 0 aromatic heterocycles. The first-order chi connectivity index (χ1) is 7.18. The lowest BCUT2D eigenvalue weighted by Gasteiger charge is -2.14. The second kappa shape index (κ2) is 3.85. The van der Waals surface area contributed by atoms with Crippen molar-refractivity contribution in [2.24, 2.45) is 4.99 Å². The van der Waals surface area contributed by atoms with Crippen LogP contribution in [-0.2, 0) is 4.79 Å². The van der Waals surface area contributed by atoms with Crippen LogP contribution in [0.15, 0.2) is 35.3 Å². The van der Waals surface area contributed by atoms with Gasteiger partial charge in [-0.1, -0.05) is 30.3 Å². The molecule has 0 saturated carbocycles. The van der Waals surface area contributed by atoms with Crippen molar-refractivity contribution < 1.29 is 9.90 Å². The third kappa shape index (κ3) is 1.91. The summed E-state index contributed by atoms with van der Waals surface area (Å²) in [5.41, 5.74) is 1.99. The van der Waals surface area contributed by atoms with E-state index in [9.17, 15) is 4.79 Å². The SMILES string of the molecule is CC1=N[C@@H](C(=O)O)[C@H](c2ccccc2)C1. The highest BCUT2D eigenvalue weighted by atomic mass is 16.4. The summed E-state index contributed by atoms with van der Waals surface area (Å²) in [6.45, 7) is 1.89. The number of nitrogens with zero attached hydrogens (tertiary/aromatic N) is 1. The maximum atomic E-state index is 11.0. The summed E-state index contributed by atoms with van der Waals surface area (Å²) < 4.78 is 0. The fourth-order valence-corrected chi connectivity index (χ4v) is 2.04. The number of carboxylic acids is 1. The monoisotopic (exact) mass is 203 g/mol. The summed E-state index contributed by atoms with van der Waals surface area (Å²) >= 11 is 0. The summed E-state index contributed by atoms with van der Waals surface area (Å²) in [5, 5.41) is 9.06. The summed E-state index contributed by atoms with van der Waals surface area (Å²) in [6.07, 6.45) is 0.751. The Morgan fingerprint density at radius 2 is 2.07 bits per heavy atom. The van der Waals surface area contributed by atoms with Crippen molar-refractivity contribution >= 4 is 11.7 Å². The molecule has 3 nitrogen and oxygen atoms in total. The summed E-state index contributed by atoms with van der Waals surface area (Å²) in [4.78, 5) is 15.2. The highest BCUT2D eigenvalue weighted by molar-refractivity contribution is 5.90. The predicted molar refractivity (Wildman–Crippen MR) is 58.3 cm³/mol. The first kappa shape index (κ1) is 9.90. The van der Waals surface area contributed by atoms with Gasteiger partial charge in [0.05, 0.1) is 0 Å². The van der Waals surface area contributed by atoms with Crippen molar-refractivity contribution in [2.45, 2.75) is 25.3 Å². The van der Waals surface area contributed by atoms with Crippen LogP contribution < -0.4 is 0 Å². The number of aliphatic carboxylic acids is 1. The van der Waals surface area contributed by atoms with Gasteiger partial charge in [-0.15, -0.1) is 0 Å². The number of hydrogen-bond donors (Lipinski definition) is 1. The van der Waals surface area contributed by atoms with E-state index in [-0.39, 0.29) is 5.92 Å². The Morgan fingerprint density at radius 1 is 1.40 bits per heavy atom. The van der Waals surface area contributed by atoms with Crippen LogP contribution in [0.2, 0.25) is 0 Å². The van der Waals surface area contributed by atoms with E-state index in [4.69, 9.17) is 5.11 Å². The Hall–Kier alpha value is -1.64. The first-order valence-electron chi connectivity index (χ1n) is 4.99. The van der Waals surface area contributed by atoms with Crippen molar-refractivity contribution in [1.29, 1.82) is 0 Å². The molecular weight excluding hydrogens is 190 g/mol. The molecule has 1 N–H and O–H groups in total. The fraction of sp³-hybridized carbons (Fsp3) is 0.333. The summed E-state index contributed by atoms with van der Waals surface area (Å²) in [7, 11) is 0. The van der Waals surface area contributed by atoms with E-state index >= 15 is 0 Å². The van der Waals surface area contributed by atoms with E-state index in [1.165, 1.54) is 0 Å². The van der Waals surface area contributed by atoms with E-state index in [0.29, 0.717) is 0 Å². The Bertz CT molecular complexity index is 397. The number of aliphatic imine (C=N–C) groups is 1. The quantitative estimate of drug-likeness (QED) is 0.800. The molecule has 0 fully saturated rings. The summed E-state index contributed by atoms with van der Waals surface area (Å²) in [5.74, 6) is -0.829. The van der Waals surface area contributed by atoms with Gasteiger partial charge in [0, 0.05) is 11.6 Å². The van der Waals surface area contributed by atoms with E-state index in [1.807, 2.05) is 37.3 Å². The zero-order valence-electron chi connectivity index (χ0n) is 8.55. The molecule has 1 aromatic carbocycles. The van der Waals surface area contributed by atoms with Crippen LogP contribution >= 0.6 is 0 Å². The molecule has 78 valence electrons. The Labute approximate surface area is 88.5 Å². The zero-order chi connectivity index (χ0) is 10.8. The lowest BCUT2D eigenvalue weighted by atomic mass is 9.90. The van der Waals surface area contributed by atoms with Crippen LogP contribution in [0, 0.1) is 0 Å². The average Bonchev–Trinajstić information content (AvgIpc) is 2.62. The molecule has 0 spiro atoms. The molecule has 0 radical (unpaired) electrons. The molecule has 2 atom stereocenters. The number of hydrogen-bond acceptors (Lipinski definition) is 2. The van der Waals surface area contributed by atoms with E-state index in [2.05, 4.69) is 4.99 Å². The van der Waals surface area contributed by atoms with Crippen LogP contribution in [0.4, 0.5) is 0 Å². The van der Waals surface area contributed by atoms with Crippen molar-refractivity contribution in [2.75, 3.05) is 0 Å². The Kier molecular flexibility index (Phi) is 2.54. The summed E-state index contributed by atoms with van der Waals surface area (Å²) in [6, 6.07) is 9.13. The number of carboxylic acid groups (broad SMARTS) is 1. The molecule has 0 unspecified atom stereocenters. The second-order valence-electron chi connectivity index (χ2n) is 3.87. The highest BCUT2D eigenvalue weighted by Crippen LogP contribution is 2.31. The Morgan fingerprint density at radius 3 is 2.67 bits per heavy atom. The molecule has 15 heavy (non-hydrogen) atoms. The molecule has 3 heteroatoms. The van der Waals surface area contributed by atoms with Crippen LogP contribution in [0.5, 0.6) is 0 Å². The van der Waals surface area contributed by atoms with Crippen LogP contribution in [0.1, 0.15) is 24.8 Å². The molecule has 0 saturated heterocycles. The van der Waals surface area contributed by atoms with Gasteiger partial charge in [-0.05, 0) is 18.9 Å². The van der Waals surface area contributed by atoms with Crippen molar-refractivity contribution in [1.82, 2.24) is 0 Å². The third-order valence-corrected chi connectivity index (χ3v) is 2.74. The van der Waals surface area contributed by atoms with Crippen LogP contribution in [0.3, 0.4) is 0 Å². The molecule has 1 aliphatic heterocycles. The van der Waals surface area contributed by atoms with Gasteiger partial charge in [0.1, 0.15) is 0 Å². The topological polar surface area (TPSA) is 49.7 Å². The van der Waals surface area contributed by atoms with Crippen LogP contribution in [0.25, 0.3) is 0 Å². The smallest absolute Gasteiger partial charge is 0.329 e. The van der Waals surface area contributed by atoms with Gasteiger partial charge in [0.25, 0.3) is 0 Å². The molecule has 1 aliphatic rings. The third-order valence-electron chi connectivity index (χ3n) is 2.74. The van der Waals surface area contributed by atoms with Gasteiger partial charge in [-0.25, -0.2) is 4.79 Å². The Balaban J connectivity index is 2.28. The average molecular weight is 203 g/mol. The van der Waals surface area contributed by atoms with Gasteiger partial charge in [-0.2, -0.15) is 0 Å². The van der Waals surface area contributed by atoms with Crippen LogP contribution in [-0.4, -0.2) is 22.8 Å². The molecule has 0 bridgehead atoms. The highest BCUT2D eigenvalue weighted by Gasteiger charge is 2.33. The van der Waals surface area contributed by atoms with Gasteiger partial charge in [0.2, 0.25) is 0 Å². The normalized spacial score (nSPS) is 25.0. The number of rotatable bonds is 2. The lowest BCUT2D eigenvalue weighted by Crippen LogP contribution is -2.22. The maximum absolute atomic E-state index is 11.0. The first-order valence-corrected chi connectivity index (χ1v) is 4.99. The molecule has 2 rings (SSSR count). The second-order valence-corrected chi connectivity index (χ2v) is 3.87. The minimum absolute atomic E-state index is 0.00343. The van der Waals surface area contributed by atoms with Gasteiger partial charge >= 0.3 is 5.97 Å². The predicted octanol–water partition coefficient (Wildman–Crippen LogP) is 2.09. The largest absolute Gasteiger partial charge is 0.480 e. The molecule has 1 aromatic rings. The zero-order valence-corrected chi connectivity index (χ0v) is 8.55. The minimum Gasteiger partial charge on any atom is -0.480 e. The van der Waals surface area contributed by atoms with Crippen molar-refractivity contribution in [3.8, 4) is 0 Å². The van der Waals surface area contributed by atoms with Crippen molar-refractivity contribution in [3.05, 3.63) is 35.9 Å². The van der Waals surface area contributed by atoms with Gasteiger partial charge < -0.3 is 5.11 Å². The minimum atomic E-state index is -0.833. The van der Waals surface area contributed by atoms with Gasteiger partial charge in [-0.3, -0.25) is 4.99 Å². The van der Waals surface area contributed by atoms with E-state index in [1.54, 1.807) is 0 Å². The molecular formula is C12H13NO2. The number of benzene rings is 1. The standard InChI is InChI=1S/C12H13NO2/c1-8-7-10(11(13-8)12(14)15)9-5-3-2-4-6-9/h2-6,10-11H,7H2,1H3,(H,14,15)/t10-,11+/m0/s1. The maximum Gasteiger partial charge on any atom is 0.329 e. The molecule has 1 heterocycles. The molecule has 0 amide bonds. The van der Waals surface area contributed by atoms with E-state index < -0.39 is 12.0 Å². The van der Waals surface area contributed by atoms with Crippen molar-refractivity contribution in [3.63, 3.8) is 0 Å². The van der Waals surface area contributed by atoms with E-state index in [0.717, 1.165) is 17.7 Å². The lowest BCUT2D eigenvalue weighted by molar-refractivity contribution is -0.138. The fourth-order valence-electron chi connectivity index (χ4n) is 2.04. The van der Waals surface area contributed by atoms with Gasteiger partial charge in [0.15, 0.2) is 6.04 Å². The molecule has 0 aliphatic carbocycles. The number of carbonyl (C=O) groups is 1.